The third-order valence-electron chi connectivity index (χ3n) is 5.49. The zero-order valence-corrected chi connectivity index (χ0v) is 14.3. The molecule has 0 bridgehead atoms. The Hall–Kier alpha value is -2.63. The molecule has 1 fully saturated rings. The topological polar surface area (TPSA) is 77.7 Å². The van der Waals surface area contributed by atoms with E-state index in [1.807, 2.05) is 11.0 Å². The van der Waals surface area contributed by atoms with Crippen molar-refractivity contribution >= 4 is 16.9 Å². The molecule has 3 heterocycles. The average Bonchev–Trinajstić information content (AvgIpc) is 3.35. The molecule has 6 nitrogen and oxygen atoms in total. The van der Waals surface area contributed by atoms with E-state index < -0.39 is 0 Å². The molecule has 0 saturated carbocycles. The molecule has 2 aromatic heterocycles. The lowest BCUT2D eigenvalue weighted by Crippen LogP contribution is -2.32. The largest absolute Gasteiger partial charge is 0.340 e. The van der Waals surface area contributed by atoms with Gasteiger partial charge in [0, 0.05) is 17.8 Å². The third-order valence-corrected chi connectivity index (χ3v) is 5.49. The van der Waals surface area contributed by atoms with E-state index in [0.717, 1.165) is 66.8 Å². The van der Waals surface area contributed by atoms with Crippen LogP contribution in [0, 0.1) is 6.92 Å². The van der Waals surface area contributed by atoms with Gasteiger partial charge in [0.2, 0.25) is 0 Å². The normalized spacial score (nSPS) is 19.7. The van der Waals surface area contributed by atoms with Crippen molar-refractivity contribution < 1.29 is 4.79 Å². The fraction of sp³-hybridized carbons (Fsp3) is 0.421. The SMILES string of the molecule is Cc1ccc2nc([C@H]3CCCN3C(=O)c3n[nH]c4c3CCC4)[nH]c2c1. The van der Waals surface area contributed by atoms with Gasteiger partial charge in [0.25, 0.3) is 5.91 Å². The smallest absolute Gasteiger partial charge is 0.275 e. The summed E-state index contributed by atoms with van der Waals surface area (Å²) in [5.74, 6) is 0.928. The molecular formula is C19H21N5O. The number of imidazole rings is 1. The first-order chi connectivity index (χ1) is 12.2. The van der Waals surface area contributed by atoms with Gasteiger partial charge in [-0.1, -0.05) is 6.07 Å². The average molecular weight is 335 g/mol. The Kier molecular flexibility index (Phi) is 3.20. The van der Waals surface area contributed by atoms with Crippen LogP contribution in [-0.4, -0.2) is 37.5 Å². The predicted molar refractivity (Wildman–Crippen MR) is 94.5 cm³/mol. The van der Waals surface area contributed by atoms with Crippen molar-refractivity contribution in [2.24, 2.45) is 0 Å². The van der Waals surface area contributed by atoms with Crippen molar-refractivity contribution in [3.63, 3.8) is 0 Å². The number of aromatic amines is 2. The fourth-order valence-corrected chi connectivity index (χ4v) is 4.23. The molecule has 1 aromatic carbocycles. The lowest BCUT2D eigenvalue weighted by molar-refractivity contribution is 0.0723. The number of likely N-dealkylation sites (tertiary alicyclic amines) is 1. The van der Waals surface area contributed by atoms with Gasteiger partial charge in [-0.2, -0.15) is 5.10 Å². The van der Waals surface area contributed by atoms with E-state index in [-0.39, 0.29) is 11.9 Å². The Morgan fingerprint density at radius 1 is 1.28 bits per heavy atom. The van der Waals surface area contributed by atoms with Crippen LogP contribution in [0.3, 0.4) is 0 Å². The monoisotopic (exact) mass is 335 g/mol. The minimum absolute atomic E-state index is 0.00830. The van der Waals surface area contributed by atoms with Gasteiger partial charge in [-0.15, -0.1) is 0 Å². The van der Waals surface area contributed by atoms with Gasteiger partial charge >= 0.3 is 0 Å². The number of rotatable bonds is 2. The molecule has 6 heteroatoms. The summed E-state index contributed by atoms with van der Waals surface area (Å²) in [6.45, 7) is 2.84. The second-order valence-corrected chi connectivity index (χ2v) is 7.18. The Morgan fingerprint density at radius 3 is 3.12 bits per heavy atom. The maximum atomic E-state index is 13.1. The van der Waals surface area contributed by atoms with E-state index in [1.165, 1.54) is 5.56 Å². The molecule has 1 atom stereocenters. The number of carbonyl (C=O) groups excluding carboxylic acids is 1. The second kappa shape index (κ2) is 5.44. The lowest BCUT2D eigenvalue weighted by atomic mass is 10.1. The number of aryl methyl sites for hydroxylation is 2. The van der Waals surface area contributed by atoms with Gasteiger partial charge in [-0.05, 0) is 56.7 Å². The van der Waals surface area contributed by atoms with Gasteiger partial charge in [-0.3, -0.25) is 9.89 Å². The summed E-state index contributed by atoms with van der Waals surface area (Å²) >= 11 is 0. The summed E-state index contributed by atoms with van der Waals surface area (Å²) in [4.78, 5) is 23.2. The minimum Gasteiger partial charge on any atom is -0.340 e. The Labute approximate surface area is 145 Å². The molecule has 128 valence electrons. The molecule has 0 spiro atoms. The van der Waals surface area contributed by atoms with Crippen molar-refractivity contribution in [3.8, 4) is 0 Å². The van der Waals surface area contributed by atoms with Crippen LogP contribution in [0.15, 0.2) is 18.2 Å². The van der Waals surface area contributed by atoms with Crippen LogP contribution in [0.25, 0.3) is 11.0 Å². The quantitative estimate of drug-likeness (QED) is 0.755. The number of hydrogen-bond donors (Lipinski definition) is 2. The van der Waals surface area contributed by atoms with Gasteiger partial charge in [0.1, 0.15) is 5.82 Å². The van der Waals surface area contributed by atoms with E-state index in [1.54, 1.807) is 0 Å². The van der Waals surface area contributed by atoms with Crippen LogP contribution in [0.4, 0.5) is 0 Å². The van der Waals surface area contributed by atoms with Gasteiger partial charge in [0.05, 0.1) is 17.1 Å². The number of carbonyl (C=O) groups is 1. The summed E-state index contributed by atoms with van der Waals surface area (Å²) in [6.07, 6.45) is 5.00. The Balaban J connectivity index is 1.49. The highest BCUT2D eigenvalue weighted by atomic mass is 16.2. The van der Waals surface area contributed by atoms with E-state index in [4.69, 9.17) is 4.98 Å². The Bertz CT molecular complexity index is 970. The molecule has 5 rings (SSSR count). The number of amides is 1. The number of nitrogens with one attached hydrogen (secondary N) is 2. The van der Waals surface area contributed by atoms with Crippen molar-refractivity contribution in [1.82, 2.24) is 25.1 Å². The number of hydrogen-bond acceptors (Lipinski definition) is 3. The summed E-state index contributed by atoms with van der Waals surface area (Å²) in [5, 5.41) is 7.37. The molecule has 25 heavy (non-hydrogen) atoms. The van der Waals surface area contributed by atoms with Crippen LogP contribution in [0.5, 0.6) is 0 Å². The van der Waals surface area contributed by atoms with Crippen molar-refractivity contribution in [1.29, 1.82) is 0 Å². The molecule has 2 N–H and O–H groups in total. The van der Waals surface area contributed by atoms with Crippen LogP contribution in [0.2, 0.25) is 0 Å². The summed E-state index contributed by atoms with van der Waals surface area (Å²) in [6, 6.07) is 6.21. The lowest BCUT2D eigenvalue weighted by Gasteiger charge is -2.22. The molecule has 1 aliphatic heterocycles. The van der Waals surface area contributed by atoms with Gasteiger partial charge in [0.15, 0.2) is 5.69 Å². The van der Waals surface area contributed by atoms with E-state index >= 15 is 0 Å². The predicted octanol–water partition coefficient (Wildman–Crippen LogP) is 3.06. The van der Waals surface area contributed by atoms with Crippen molar-refractivity contribution in [3.05, 3.63) is 46.5 Å². The maximum absolute atomic E-state index is 13.1. The van der Waals surface area contributed by atoms with E-state index in [2.05, 4.69) is 34.2 Å². The highest BCUT2D eigenvalue weighted by Crippen LogP contribution is 2.34. The molecule has 2 aliphatic rings. The second-order valence-electron chi connectivity index (χ2n) is 7.18. The third kappa shape index (κ3) is 2.27. The van der Waals surface area contributed by atoms with Gasteiger partial charge < -0.3 is 9.88 Å². The van der Waals surface area contributed by atoms with E-state index in [0.29, 0.717) is 5.69 Å². The first kappa shape index (κ1) is 14.7. The highest BCUT2D eigenvalue weighted by molar-refractivity contribution is 5.94. The minimum atomic E-state index is 0.00830. The molecule has 0 radical (unpaired) electrons. The number of fused-ring (bicyclic) bond motifs is 2. The first-order valence-corrected chi connectivity index (χ1v) is 9.04. The molecule has 1 saturated heterocycles. The van der Waals surface area contributed by atoms with Crippen LogP contribution < -0.4 is 0 Å². The molecular weight excluding hydrogens is 314 g/mol. The van der Waals surface area contributed by atoms with Crippen molar-refractivity contribution in [2.75, 3.05) is 6.54 Å². The summed E-state index contributed by atoms with van der Waals surface area (Å²) < 4.78 is 0. The van der Waals surface area contributed by atoms with Crippen molar-refractivity contribution in [2.45, 2.75) is 45.1 Å². The number of benzene rings is 1. The fourth-order valence-electron chi connectivity index (χ4n) is 4.23. The number of H-pyrrole nitrogens is 2. The summed E-state index contributed by atoms with van der Waals surface area (Å²) in [7, 11) is 0. The standard InChI is InChI=1S/C19H21N5O/c1-11-7-8-14-15(10-11)21-18(20-14)16-6-3-9-24(16)19(25)17-12-4-2-5-13(12)22-23-17/h7-8,10,16H,2-6,9H2,1H3,(H,20,21)(H,22,23)/t16-/m1/s1. The van der Waals surface area contributed by atoms with Gasteiger partial charge in [-0.25, -0.2) is 4.98 Å². The number of nitrogens with zero attached hydrogens (tertiary/aromatic N) is 3. The van der Waals surface area contributed by atoms with Crippen LogP contribution in [-0.2, 0) is 12.8 Å². The van der Waals surface area contributed by atoms with E-state index in [9.17, 15) is 4.79 Å². The Morgan fingerprint density at radius 2 is 2.20 bits per heavy atom. The molecule has 0 unspecified atom stereocenters. The first-order valence-electron chi connectivity index (χ1n) is 9.04. The summed E-state index contributed by atoms with van der Waals surface area (Å²) in [5.41, 5.74) is 6.07. The molecule has 1 aliphatic carbocycles. The van der Waals surface area contributed by atoms with Crippen LogP contribution in [0.1, 0.15) is 58.4 Å². The maximum Gasteiger partial charge on any atom is 0.275 e. The zero-order chi connectivity index (χ0) is 17.0. The van der Waals surface area contributed by atoms with Crippen LogP contribution >= 0.6 is 0 Å². The number of aromatic nitrogens is 4. The zero-order valence-electron chi connectivity index (χ0n) is 14.3. The molecule has 3 aromatic rings. The highest BCUT2D eigenvalue weighted by Gasteiger charge is 2.35. The molecule has 1 amide bonds.